The van der Waals surface area contributed by atoms with E-state index in [9.17, 15) is 0 Å². The van der Waals surface area contributed by atoms with E-state index in [4.69, 9.17) is 11.6 Å². The SMILES string of the molecule is Cc1ccc2c(c1)nc(C(C)Cl)n2Cc1nc(C)cs1. The predicted octanol–water partition coefficient (Wildman–Crippen LogP) is 4.46. The van der Waals surface area contributed by atoms with Crippen LogP contribution in [0.3, 0.4) is 0 Å². The van der Waals surface area contributed by atoms with Gasteiger partial charge in [0.1, 0.15) is 10.8 Å². The number of thiazole rings is 1. The van der Waals surface area contributed by atoms with Gasteiger partial charge >= 0.3 is 0 Å². The zero-order valence-corrected chi connectivity index (χ0v) is 13.3. The van der Waals surface area contributed by atoms with E-state index in [0.29, 0.717) is 0 Å². The molecule has 0 saturated heterocycles. The Morgan fingerprint density at radius 2 is 2.10 bits per heavy atom. The third-order valence-corrected chi connectivity index (χ3v) is 4.40. The van der Waals surface area contributed by atoms with Crippen LogP contribution >= 0.6 is 22.9 Å². The van der Waals surface area contributed by atoms with Crippen LogP contribution in [-0.4, -0.2) is 14.5 Å². The maximum absolute atomic E-state index is 6.29. The second-order valence-electron chi connectivity index (χ2n) is 5.05. The number of fused-ring (bicyclic) bond motifs is 1. The maximum atomic E-state index is 6.29. The summed E-state index contributed by atoms with van der Waals surface area (Å²) in [5.74, 6) is 0.903. The number of hydrogen-bond acceptors (Lipinski definition) is 3. The first-order valence-corrected chi connectivity index (χ1v) is 7.88. The number of aromatic nitrogens is 3. The van der Waals surface area contributed by atoms with Gasteiger partial charge in [0.05, 0.1) is 23.0 Å². The molecule has 3 aromatic rings. The Kier molecular flexibility index (Phi) is 3.52. The quantitative estimate of drug-likeness (QED) is 0.669. The van der Waals surface area contributed by atoms with Gasteiger partial charge in [-0.05, 0) is 38.5 Å². The Morgan fingerprint density at radius 1 is 1.30 bits per heavy atom. The molecule has 3 nitrogen and oxygen atoms in total. The molecule has 0 spiro atoms. The lowest BCUT2D eigenvalue weighted by Crippen LogP contribution is -2.05. The molecule has 2 aromatic heterocycles. The molecule has 0 radical (unpaired) electrons. The molecule has 3 rings (SSSR count). The molecular weight excluding hydrogens is 290 g/mol. The summed E-state index contributed by atoms with van der Waals surface area (Å²) in [6.45, 7) is 6.77. The fraction of sp³-hybridized carbons (Fsp3) is 0.333. The molecule has 2 heterocycles. The van der Waals surface area contributed by atoms with Gasteiger partial charge in [-0.15, -0.1) is 22.9 Å². The normalized spacial score (nSPS) is 13.0. The summed E-state index contributed by atoms with van der Waals surface area (Å²) in [5.41, 5.74) is 4.39. The van der Waals surface area contributed by atoms with E-state index in [1.165, 1.54) is 5.56 Å². The van der Waals surface area contributed by atoms with Crippen LogP contribution in [0, 0.1) is 13.8 Å². The van der Waals surface area contributed by atoms with Gasteiger partial charge in [-0.25, -0.2) is 9.97 Å². The van der Waals surface area contributed by atoms with Crippen molar-refractivity contribution < 1.29 is 0 Å². The third kappa shape index (κ3) is 2.45. The van der Waals surface area contributed by atoms with Gasteiger partial charge in [0.25, 0.3) is 0 Å². The second-order valence-corrected chi connectivity index (χ2v) is 6.64. The molecule has 0 aliphatic carbocycles. The lowest BCUT2D eigenvalue weighted by Gasteiger charge is -2.08. The van der Waals surface area contributed by atoms with Crippen LogP contribution in [0.15, 0.2) is 23.6 Å². The summed E-state index contributed by atoms with van der Waals surface area (Å²) >= 11 is 7.97. The highest BCUT2D eigenvalue weighted by molar-refractivity contribution is 7.09. The van der Waals surface area contributed by atoms with Crippen molar-refractivity contribution in [2.45, 2.75) is 32.7 Å². The first-order chi connectivity index (χ1) is 9.54. The maximum Gasteiger partial charge on any atom is 0.128 e. The molecule has 1 atom stereocenters. The number of rotatable bonds is 3. The van der Waals surface area contributed by atoms with E-state index in [-0.39, 0.29) is 5.38 Å². The number of halogens is 1. The summed E-state index contributed by atoms with van der Waals surface area (Å²) in [6, 6.07) is 6.32. The van der Waals surface area contributed by atoms with Crippen molar-refractivity contribution in [3.8, 4) is 0 Å². The molecule has 104 valence electrons. The standard InChI is InChI=1S/C15H16ClN3S/c1-9-4-5-13-12(6-9)18-15(11(3)16)19(13)7-14-17-10(2)8-20-14/h4-6,8,11H,7H2,1-3H3. The Morgan fingerprint density at radius 3 is 2.75 bits per heavy atom. The molecule has 0 bridgehead atoms. The molecule has 0 N–H and O–H groups in total. The summed E-state index contributed by atoms with van der Waals surface area (Å²) in [5, 5.41) is 3.03. The average Bonchev–Trinajstić information content (AvgIpc) is 2.94. The van der Waals surface area contributed by atoms with Crippen molar-refractivity contribution in [2.24, 2.45) is 0 Å². The number of alkyl halides is 1. The molecule has 0 aliphatic heterocycles. The average molecular weight is 306 g/mol. The minimum Gasteiger partial charge on any atom is -0.320 e. The van der Waals surface area contributed by atoms with E-state index < -0.39 is 0 Å². The lowest BCUT2D eigenvalue weighted by molar-refractivity contribution is 0.737. The minimum absolute atomic E-state index is 0.122. The molecule has 1 unspecified atom stereocenters. The van der Waals surface area contributed by atoms with Crippen LogP contribution in [0.5, 0.6) is 0 Å². The van der Waals surface area contributed by atoms with Crippen molar-refractivity contribution in [1.29, 1.82) is 0 Å². The van der Waals surface area contributed by atoms with Crippen molar-refractivity contribution in [2.75, 3.05) is 0 Å². The first kappa shape index (κ1) is 13.6. The molecule has 0 fully saturated rings. The van der Waals surface area contributed by atoms with E-state index >= 15 is 0 Å². The van der Waals surface area contributed by atoms with Crippen LogP contribution in [0.2, 0.25) is 0 Å². The van der Waals surface area contributed by atoms with Crippen molar-refractivity contribution in [3.63, 3.8) is 0 Å². The molecule has 0 saturated carbocycles. The molecular formula is C15H16ClN3S. The molecule has 1 aromatic carbocycles. The fourth-order valence-corrected chi connectivity index (χ4v) is 3.27. The smallest absolute Gasteiger partial charge is 0.128 e. The van der Waals surface area contributed by atoms with Gasteiger partial charge in [0, 0.05) is 11.1 Å². The monoisotopic (exact) mass is 305 g/mol. The minimum atomic E-state index is -0.122. The topological polar surface area (TPSA) is 30.7 Å². The van der Waals surface area contributed by atoms with Crippen molar-refractivity contribution in [1.82, 2.24) is 14.5 Å². The highest BCUT2D eigenvalue weighted by Gasteiger charge is 2.16. The van der Waals surface area contributed by atoms with Gasteiger partial charge in [-0.3, -0.25) is 0 Å². The molecule has 0 aliphatic rings. The Balaban J connectivity index is 2.13. The van der Waals surface area contributed by atoms with Crippen molar-refractivity contribution in [3.05, 3.63) is 45.7 Å². The summed E-state index contributed by atoms with van der Waals surface area (Å²) in [4.78, 5) is 9.22. The second kappa shape index (κ2) is 5.19. The number of imidazole rings is 1. The largest absolute Gasteiger partial charge is 0.320 e. The Labute approximate surface area is 127 Å². The Hall–Kier alpha value is -1.39. The van der Waals surface area contributed by atoms with Crippen LogP contribution in [0.1, 0.15) is 34.4 Å². The van der Waals surface area contributed by atoms with Gasteiger partial charge in [0.15, 0.2) is 0 Å². The fourth-order valence-electron chi connectivity index (χ4n) is 2.34. The van der Waals surface area contributed by atoms with E-state index in [2.05, 4.69) is 45.0 Å². The Bertz CT molecular complexity index is 758. The van der Waals surface area contributed by atoms with E-state index in [1.807, 2.05) is 13.8 Å². The number of benzene rings is 1. The van der Waals surface area contributed by atoms with Crippen LogP contribution < -0.4 is 0 Å². The zero-order valence-electron chi connectivity index (χ0n) is 11.7. The van der Waals surface area contributed by atoms with Gasteiger partial charge in [-0.1, -0.05) is 6.07 Å². The van der Waals surface area contributed by atoms with Gasteiger partial charge in [-0.2, -0.15) is 0 Å². The third-order valence-electron chi connectivity index (χ3n) is 3.25. The highest BCUT2D eigenvalue weighted by atomic mass is 35.5. The summed E-state index contributed by atoms with van der Waals surface area (Å²) in [6.07, 6.45) is 0. The first-order valence-electron chi connectivity index (χ1n) is 6.56. The van der Waals surface area contributed by atoms with Gasteiger partial charge < -0.3 is 4.57 Å². The highest BCUT2D eigenvalue weighted by Crippen LogP contribution is 2.26. The lowest BCUT2D eigenvalue weighted by atomic mass is 10.2. The van der Waals surface area contributed by atoms with Crippen LogP contribution in [0.25, 0.3) is 11.0 Å². The van der Waals surface area contributed by atoms with Crippen LogP contribution in [-0.2, 0) is 6.54 Å². The summed E-state index contributed by atoms with van der Waals surface area (Å²) in [7, 11) is 0. The molecule has 0 amide bonds. The van der Waals surface area contributed by atoms with Crippen LogP contribution in [0.4, 0.5) is 0 Å². The van der Waals surface area contributed by atoms with Gasteiger partial charge in [0.2, 0.25) is 0 Å². The number of nitrogens with zero attached hydrogens (tertiary/aromatic N) is 3. The van der Waals surface area contributed by atoms with E-state index in [1.54, 1.807) is 11.3 Å². The molecule has 20 heavy (non-hydrogen) atoms. The predicted molar refractivity (Wildman–Crippen MR) is 84.7 cm³/mol. The summed E-state index contributed by atoms with van der Waals surface area (Å²) < 4.78 is 2.17. The number of aryl methyl sites for hydroxylation is 2. The van der Waals surface area contributed by atoms with E-state index in [0.717, 1.165) is 34.1 Å². The molecule has 5 heteroatoms. The zero-order chi connectivity index (χ0) is 14.3. The number of hydrogen-bond donors (Lipinski definition) is 0. The van der Waals surface area contributed by atoms with Crippen molar-refractivity contribution >= 4 is 34.0 Å².